The van der Waals surface area contributed by atoms with E-state index in [2.05, 4.69) is 26.3 Å². The monoisotopic (exact) mass is 273 g/mol. The largest absolute Gasteiger partial charge is 0.385 e. The maximum atomic E-state index is 5.50. The van der Waals surface area contributed by atoms with Crippen molar-refractivity contribution in [2.24, 2.45) is 5.84 Å². The molecule has 1 aromatic rings. The van der Waals surface area contributed by atoms with Crippen LogP contribution in [0.15, 0.2) is 22.9 Å². The number of hydrogen-bond acceptors (Lipinski definition) is 4. The molecule has 0 spiro atoms. The second-order valence-corrected chi connectivity index (χ2v) is 4.21. The summed E-state index contributed by atoms with van der Waals surface area (Å²) in [7, 11) is 1.70. The molecule has 0 bridgehead atoms. The molecule has 1 atom stereocenters. The first kappa shape index (κ1) is 12.6. The Kier molecular flexibility index (Phi) is 5.78. The molecular formula is C10H16BrN3O. The summed E-state index contributed by atoms with van der Waals surface area (Å²) in [5, 5.41) is 0. The number of methoxy groups -OCH3 is 1. The molecule has 1 heterocycles. The molecule has 0 aromatic carbocycles. The second kappa shape index (κ2) is 6.90. The fourth-order valence-electron chi connectivity index (χ4n) is 1.40. The van der Waals surface area contributed by atoms with Gasteiger partial charge < -0.3 is 4.74 Å². The van der Waals surface area contributed by atoms with Crippen LogP contribution in [0, 0.1) is 0 Å². The molecule has 4 nitrogen and oxygen atoms in total. The number of hydrogen-bond donors (Lipinski definition) is 2. The van der Waals surface area contributed by atoms with E-state index in [4.69, 9.17) is 10.6 Å². The lowest BCUT2D eigenvalue weighted by Gasteiger charge is -2.15. The van der Waals surface area contributed by atoms with Crippen molar-refractivity contribution in [2.75, 3.05) is 13.7 Å². The van der Waals surface area contributed by atoms with E-state index in [0.29, 0.717) is 0 Å². The van der Waals surface area contributed by atoms with Gasteiger partial charge in [0.2, 0.25) is 0 Å². The summed E-state index contributed by atoms with van der Waals surface area (Å²) >= 11 is 3.39. The van der Waals surface area contributed by atoms with Crippen LogP contribution in [0.1, 0.15) is 24.4 Å². The van der Waals surface area contributed by atoms with E-state index >= 15 is 0 Å². The van der Waals surface area contributed by atoms with Crippen LogP contribution in [0.3, 0.4) is 0 Å². The van der Waals surface area contributed by atoms with Crippen molar-refractivity contribution >= 4 is 15.9 Å². The summed E-state index contributed by atoms with van der Waals surface area (Å²) < 4.78 is 5.97. The van der Waals surface area contributed by atoms with Crippen molar-refractivity contribution in [2.45, 2.75) is 18.9 Å². The highest BCUT2D eigenvalue weighted by Crippen LogP contribution is 2.19. The summed E-state index contributed by atoms with van der Waals surface area (Å²) in [6.07, 6.45) is 5.48. The second-order valence-electron chi connectivity index (χ2n) is 3.29. The number of nitrogens with zero attached hydrogens (tertiary/aromatic N) is 1. The number of aromatic nitrogens is 1. The van der Waals surface area contributed by atoms with Gasteiger partial charge in [0.25, 0.3) is 0 Å². The Hall–Kier alpha value is -0.490. The van der Waals surface area contributed by atoms with Gasteiger partial charge in [-0.3, -0.25) is 16.3 Å². The lowest BCUT2D eigenvalue weighted by molar-refractivity contribution is 0.189. The molecule has 5 heteroatoms. The van der Waals surface area contributed by atoms with Crippen LogP contribution in [0.5, 0.6) is 0 Å². The third-order valence-electron chi connectivity index (χ3n) is 2.17. The molecule has 1 unspecified atom stereocenters. The van der Waals surface area contributed by atoms with E-state index in [9.17, 15) is 0 Å². The van der Waals surface area contributed by atoms with Gasteiger partial charge in [-0.05, 0) is 40.4 Å². The number of pyridine rings is 1. The van der Waals surface area contributed by atoms with Crippen LogP contribution in [0.25, 0.3) is 0 Å². The maximum Gasteiger partial charge on any atom is 0.0476 e. The third kappa shape index (κ3) is 4.25. The Morgan fingerprint density at radius 2 is 2.40 bits per heavy atom. The zero-order valence-corrected chi connectivity index (χ0v) is 10.3. The number of rotatable bonds is 6. The van der Waals surface area contributed by atoms with Gasteiger partial charge in [-0.2, -0.15) is 0 Å². The lowest BCUT2D eigenvalue weighted by Crippen LogP contribution is -2.28. The van der Waals surface area contributed by atoms with Crippen LogP contribution in [0.2, 0.25) is 0 Å². The van der Waals surface area contributed by atoms with E-state index in [1.807, 2.05) is 12.3 Å². The number of hydrazine groups is 1. The molecule has 84 valence electrons. The van der Waals surface area contributed by atoms with Crippen molar-refractivity contribution in [3.8, 4) is 0 Å². The van der Waals surface area contributed by atoms with Crippen LogP contribution in [-0.2, 0) is 4.74 Å². The van der Waals surface area contributed by atoms with E-state index in [0.717, 1.165) is 29.5 Å². The molecule has 0 aliphatic carbocycles. The summed E-state index contributed by atoms with van der Waals surface area (Å²) in [5.41, 5.74) is 3.87. The molecule has 1 aromatic heterocycles. The number of nitrogens with one attached hydrogen (secondary N) is 1. The maximum absolute atomic E-state index is 5.50. The molecule has 15 heavy (non-hydrogen) atoms. The van der Waals surface area contributed by atoms with Gasteiger partial charge in [0.05, 0.1) is 0 Å². The van der Waals surface area contributed by atoms with Gasteiger partial charge in [-0.1, -0.05) is 0 Å². The normalized spacial score (nSPS) is 12.7. The summed E-state index contributed by atoms with van der Waals surface area (Å²) in [4.78, 5) is 4.11. The van der Waals surface area contributed by atoms with Gasteiger partial charge in [0.15, 0.2) is 0 Å². The lowest BCUT2D eigenvalue weighted by atomic mass is 10.1. The predicted molar refractivity (Wildman–Crippen MR) is 63.1 cm³/mol. The van der Waals surface area contributed by atoms with Crippen molar-refractivity contribution in [3.63, 3.8) is 0 Å². The third-order valence-corrected chi connectivity index (χ3v) is 2.60. The van der Waals surface area contributed by atoms with Gasteiger partial charge in [-0.15, -0.1) is 0 Å². The molecule has 0 aliphatic rings. The standard InChI is InChI=1S/C10H16BrN3O/c1-15-4-2-3-10(14-12)8-5-9(11)7-13-6-8/h5-7,10,14H,2-4,12H2,1H3. The first-order valence-corrected chi connectivity index (χ1v) is 5.62. The zero-order valence-electron chi connectivity index (χ0n) is 8.74. The summed E-state index contributed by atoms with van der Waals surface area (Å²) in [6.45, 7) is 0.750. The van der Waals surface area contributed by atoms with Gasteiger partial charge in [-0.25, -0.2) is 0 Å². The average Bonchev–Trinajstić information content (AvgIpc) is 2.24. The zero-order chi connectivity index (χ0) is 11.1. The highest BCUT2D eigenvalue weighted by molar-refractivity contribution is 9.10. The number of halogens is 1. The van der Waals surface area contributed by atoms with Gasteiger partial charge in [0.1, 0.15) is 0 Å². The topological polar surface area (TPSA) is 60.2 Å². The molecule has 0 aliphatic heterocycles. The average molecular weight is 274 g/mol. The first-order valence-electron chi connectivity index (χ1n) is 4.83. The van der Waals surface area contributed by atoms with Crippen molar-refractivity contribution in [1.82, 2.24) is 10.4 Å². The van der Waals surface area contributed by atoms with Crippen LogP contribution in [-0.4, -0.2) is 18.7 Å². The number of nitrogens with two attached hydrogens (primary N) is 1. The van der Waals surface area contributed by atoms with Gasteiger partial charge >= 0.3 is 0 Å². The van der Waals surface area contributed by atoms with E-state index < -0.39 is 0 Å². The fourth-order valence-corrected chi connectivity index (χ4v) is 1.78. The van der Waals surface area contributed by atoms with Crippen molar-refractivity contribution in [3.05, 3.63) is 28.5 Å². The molecule has 0 fully saturated rings. The molecule has 1 rings (SSSR count). The summed E-state index contributed by atoms with van der Waals surface area (Å²) in [6, 6.07) is 2.15. The molecule has 0 saturated heterocycles. The molecule has 3 N–H and O–H groups in total. The molecule has 0 amide bonds. The minimum atomic E-state index is 0.130. The van der Waals surface area contributed by atoms with E-state index in [1.54, 1.807) is 13.3 Å². The Balaban J connectivity index is 2.57. The summed E-state index contributed by atoms with van der Waals surface area (Å²) in [5.74, 6) is 5.50. The van der Waals surface area contributed by atoms with Crippen LogP contribution in [0.4, 0.5) is 0 Å². The smallest absolute Gasteiger partial charge is 0.0476 e. The first-order chi connectivity index (χ1) is 7.27. The minimum absolute atomic E-state index is 0.130. The minimum Gasteiger partial charge on any atom is -0.385 e. The Morgan fingerprint density at radius 3 is 3.00 bits per heavy atom. The quantitative estimate of drug-likeness (QED) is 0.471. The van der Waals surface area contributed by atoms with Crippen molar-refractivity contribution < 1.29 is 4.74 Å². The SMILES string of the molecule is COCCCC(NN)c1cncc(Br)c1. The Morgan fingerprint density at radius 1 is 1.60 bits per heavy atom. The Bertz CT molecular complexity index is 296. The number of ether oxygens (including phenoxy) is 1. The van der Waals surface area contributed by atoms with E-state index in [1.165, 1.54) is 0 Å². The molecule has 0 radical (unpaired) electrons. The molecule has 0 saturated carbocycles. The van der Waals surface area contributed by atoms with E-state index in [-0.39, 0.29) is 6.04 Å². The highest BCUT2D eigenvalue weighted by atomic mass is 79.9. The fraction of sp³-hybridized carbons (Fsp3) is 0.500. The highest BCUT2D eigenvalue weighted by Gasteiger charge is 2.09. The molecular weight excluding hydrogens is 258 g/mol. The van der Waals surface area contributed by atoms with Crippen molar-refractivity contribution in [1.29, 1.82) is 0 Å². The Labute approximate surface area is 98.3 Å². The van der Waals surface area contributed by atoms with Crippen LogP contribution < -0.4 is 11.3 Å². The van der Waals surface area contributed by atoms with Crippen LogP contribution >= 0.6 is 15.9 Å². The predicted octanol–water partition coefficient (Wildman–Crippen LogP) is 1.78. The van der Waals surface area contributed by atoms with Gasteiger partial charge in [0, 0.05) is 36.6 Å².